The highest BCUT2D eigenvalue weighted by molar-refractivity contribution is 5.30. The summed E-state index contributed by atoms with van der Waals surface area (Å²) in [4.78, 5) is 0. The van der Waals surface area contributed by atoms with Crippen molar-refractivity contribution in [1.82, 2.24) is 5.32 Å². The number of ether oxygens (including phenoxy) is 1. The zero-order chi connectivity index (χ0) is 15.4. The number of methoxy groups -OCH3 is 1. The Kier molecular flexibility index (Phi) is 4.76. The smallest absolute Gasteiger partial charge is 0.118 e. The molecule has 3 heteroatoms. The van der Waals surface area contributed by atoms with E-state index < -0.39 is 0 Å². The van der Waals surface area contributed by atoms with Gasteiger partial charge in [-0.25, -0.2) is 0 Å². The molecule has 3 rings (SSSR count). The SMILES string of the molecule is COc1ccc(C2CNC(N)C(Cc3ccccc3)C2)cc1. The molecule has 1 fully saturated rings. The Labute approximate surface area is 132 Å². The Balaban J connectivity index is 1.69. The summed E-state index contributed by atoms with van der Waals surface area (Å²) in [5.41, 5.74) is 9.00. The van der Waals surface area contributed by atoms with Crippen molar-refractivity contribution in [1.29, 1.82) is 0 Å². The lowest BCUT2D eigenvalue weighted by atomic mass is 9.81. The molecule has 3 N–H and O–H groups in total. The Morgan fingerprint density at radius 3 is 2.50 bits per heavy atom. The van der Waals surface area contributed by atoms with Gasteiger partial charge in [-0.2, -0.15) is 0 Å². The predicted octanol–water partition coefficient (Wildman–Crippen LogP) is 2.92. The summed E-state index contributed by atoms with van der Waals surface area (Å²) in [5.74, 6) is 1.88. The van der Waals surface area contributed by atoms with Gasteiger partial charge in [0.15, 0.2) is 0 Å². The molecule has 2 aromatic carbocycles. The third kappa shape index (κ3) is 3.49. The van der Waals surface area contributed by atoms with Gasteiger partial charge in [0.2, 0.25) is 0 Å². The number of hydrogen-bond acceptors (Lipinski definition) is 3. The number of rotatable bonds is 4. The summed E-state index contributed by atoms with van der Waals surface area (Å²) >= 11 is 0. The maximum Gasteiger partial charge on any atom is 0.118 e. The van der Waals surface area contributed by atoms with Gasteiger partial charge in [0.25, 0.3) is 0 Å². The maximum absolute atomic E-state index is 6.28. The van der Waals surface area contributed by atoms with Crippen LogP contribution in [0.2, 0.25) is 0 Å². The molecule has 0 bridgehead atoms. The quantitative estimate of drug-likeness (QED) is 0.912. The second kappa shape index (κ2) is 6.95. The monoisotopic (exact) mass is 296 g/mol. The topological polar surface area (TPSA) is 47.3 Å². The molecule has 3 unspecified atom stereocenters. The van der Waals surface area contributed by atoms with Crippen LogP contribution >= 0.6 is 0 Å². The van der Waals surface area contributed by atoms with E-state index in [-0.39, 0.29) is 6.17 Å². The Bertz CT molecular complexity index is 582. The van der Waals surface area contributed by atoms with E-state index >= 15 is 0 Å². The molecular weight excluding hydrogens is 272 g/mol. The molecule has 0 radical (unpaired) electrons. The maximum atomic E-state index is 6.28. The van der Waals surface area contributed by atoms with Crippen LogP contribution in [0.3, 0.4) is 0 Å². The second-order valence-electron chi connectivity index (χ2n) is 6.09. The van der Waals surface area contributed by atoms with E-state index in [9.17, 15) is 0 Å². The lowest BCUT2D eigenvalue weighted by molar-refractivity contribution is 0.259. The Morgan fingerprint density at radius 1 is 1.09 bits per heavy atom. The molecule has 1 aliphatic rings. The van der Waals surface area contributed by atoms with E-state index in [1.54, 1.807) is 7.11 Å². The van der Waals surface area contributed by atoms with Gasteiger partial charge in [-0.3, -0.25) is 0 Å². The largest absolute Gasteiger partial charge is 0.497 e. The fraction of sp³-hybridized carbons (Fsp3) is 0.368. The standard InChI is InChI=1S/C19H24N2O/c1-22-18-9-7-15(8-10-18)17-12-16(19(20)21-13-17)11-14-5-3-2-4-6-14/h2-10,16-17,19,21H,11-13,20H2,1H3. The first-order valence-electron chi connectivity index (χ1n) is 7.93. The minimum absolute atomic E-state index is 0.0784. The van der Waals surface area contributed by atoms with Crippen LogP contribution in [0.4, 0.5) is 0 Å². The molecule has 0 amide bonds. The minimum Gasteiger partial charge on any atom is -0.497 e. The van der Waals surface area contributed by atoms with Crippen LogP contribution in [0.15, 0.2) is 54.6 Å². The van der Waals surface area contributed by atoms with Gasteiger partial charge >= 0.3 is 0 Å². The molecule has 0 aromatic heterocycles. The highest BCUT2D eigenvalue weighted by Gasteiger charge is 2.28. The summed E-state index contributed by atoms with van der Waals surface area (Å²) in [6.45, 7) is 0.943. The van der Waals surface area contributed by atoms with Gasteiger partial charge in [-0.05, 0) is 47.9 Å². The van der Waals surface area contributed by atoms with Crippen LogP contribution in [0.5, 0.6) is 5.75 Å². The normalized spacial score (nSPS) is 24.9. The van der Waals surface area contributed by atoms with Crippen molar-refractivity contribution in [3.8, 4) is 5.75 Å². The first kappa shape index (κ1) is 15.1. The van der Waals surface area contributed by atoms with Crippen molar-refractivity contribution in [2.45, 2.75) is 24.9 Å². The Hall–Kier alpha value is -1.84. The number of piperidine rings is 1. The first-order chi connectivity index (χ1) is 10.8. The molecule has 1 saturated heterocycles. The third-order valence-electron chi connectivity index (χ3n) is 4.62. The summed E-state index contributed by atoms with van der Waals surface area (Å²) in [6, 6.07) is 19.0. The van der Waals surface area contributed by atoms with Crippen molar-refractivity contribution >= 4 is 0 Å². The van der Waals surface area contributed by atoms with Gasteiger partial charge in [-0.15, -0.1) is 0 Å². The van der Waals surface area contributed by atoms with E-state index in [1.165, 1.54) is 11.1 Å². The molecule has 1 aliphatic heterocycles. The average molecular weight is 296 g/mol. The molecule has 22 heavy (non-hydrogen) atoms. The minimum atomic E-state index is 0.0784. The van der Waals surface area contributed by atoms with Crippen LogP contribution in [-0.4, -0.2) is 19.8 Å². The van der Waals surface area contributed by atoms with Crippen LogP contribution in [-0.2, 0) is 6.42 Å². The van der Waals surface area contributed by atoms with Gasteiger partial charge in [-0.1, -0.05) is 42.5 Å². The molecule has 1 heterocycles. The van der Waals surface area contributed by atoms with Crippen molar-refractivity contribution < 1.29 is 4.74 Å². The van der Waals surface area contributed by atoms with Crippen LogP contribution in [0, 0.1) is 5.92 Å². The molecular formula is C19H24N2O. The second-order valence-corrected chi connectivity index (χ2v) is 6.09. The van der Waals surface area contributed by atoms with Gasteiger partial charge < -0.3 is 15.8 Å². The lowest BCUT2D eigenvalue weighted by Gasteiger charge is -2.35. The number of nitrogens with one attached hydrogen (secondary N) is 1. The first-order valence-corrected chi connectivity index (χ1v) is 7.93. The molecule has 3 atom stereocenters. The van der Waals surface area contributed by atoms with E-state index in [1.807, 2.05) is 12.1 Å². The van der Waals surface area contributed by atoms with Gasteiger partial charge in [0.1, 0.15) is 5.75 Å². The number of nitrogens with two attached hydrogens (primary N) is 1. The van der Waals surface area contributed by atoms with E-state index in [0.29, 0.717) is 11.8 Å². The lowest BCUT2D eigenvalue weighted by Crippen LogP contribution is -2.50. The van der Waals surface area contributed by atoms with Crippen molar-refractivity contribution in [2.75, 3.05) is 13.7 Å². The van der Waals surface area contributed by atoms with Crippen molar-refractivity contribution in [2.24, 2.45) is 11.7 Å². The summed E-state index contributed by atoms with van der Waals surface area (Å²) in [6.07, 6.45) is 2.23. The number of benzene rings is 2. The fourth-order valence-electron chi connectivity index (χ4n) is 3.30. The Morgan fingerprint density at radius 2 is 1.82 bits per heavy atom. The van der Waals surface area contributed by atoms with Crippen molar-refractivity contribution in [3.05, 3.63) is 65.7 Å². The molecule has 2 aromatic rings. The summed E-state index contributed by atoms with van der Waals surface area (Å²) < 4.78 is 5.24. The van der Waals surface area contributed by atoms with Crippen LogP contribution < -0.4 is 15.8 Å². The number of hydrogen-bond donors (Lipinski definition) is 2. The van der Waals surface area contributed by atoms with Crippen molar-refractivity contribution in [3.63, 3.8) is 0 Å². The summed E-state index contributed by atoms with van der Waals surface area (Å²) in [5, 5.41) is 3.48. The van der Waals surface area contributed by atoms with Crippen LogP contribution in [0.1, 0.15) is 23.5 Å². The summed E-state index contributed by atoms with van der Waals surface area (Å²) in [7, 11) is 1.70. The fourth-order valence-corrected chi connectivity index (χ4v) is 3.30. The molecule has 116 valence electrons. The van der Waals surface area contributed by atoms with E-state index in [2.05, 4.69) is 47.8 Å². The molecule has 0 saturated carbocycles. The van der Waals surface area contributed by atoms with Crippen LogP contribution in [0.25, 0.3) is 0 Å². The molecule has 0 aliphatic carbocycles. The predicted molar refractivity (Wildman–Crippen MR) is 90.0 cm³/mol. The average Bonchev–Trinajstić information content (AvgIpc) is 2.58. The highest BCUT2D eigenvalue weighted by Crippen LogP contribution is 2.31. The van der Waals surface area contributed by atoms with E-state index in [4.69, 9.17) is 10.5 Å². The highest BCUT2D eigenvalue weighted by atomic mass is 16.5. The third-order valence-corrected chi connectivity index (χ3v) is 4.62. The molecule has 0 spiro atoms. The zero-order valence-corrected chi connectivity index (χ0v) is 13.0. The molecule has 3 nitrogen and oxygen atoms in total. The van der Waals surface area contributed by atoms with Gasteiger partial charge in [0, 0.05) is 6.54 Å². The zero-order valence-electron chi connectivity index (χ0n) is 13.0. The van der Waals surface area contributed by atoms with Gasteiger partial charge in [0.05, 0.1) is 13.3 Å². The van der Waals surface area contributed by atoms with E-state index in [0.717, 1.165) is 25.1 Å².